The SMILES string of the molecule is O=C1CSc2nnc(-c3ccc(S(=O)(=O)c4ccc(Br)cc4)cc3)n2N1. The summed E-state index contributed by atoms with van der Waals surface area (Å²) in [6.07, 6.45) is 0. The van der Waals surface area contributed by atoms with Crippen LogP contribution in [0.5, 0.6) is 0 Å². The van der Waals surface area contributed by atoms with Gasteiger partial charge in [0.2, 0.25) is 20.9 Å². The maximum atomic E-state index is 12.7. The Morgan fingerprint density at radius 1 is 1.00 bits per heavy atom. The van der Waals surface area contributed by atoms with Gasteiger partial charge in [-0.1, -0.05) is 27.7 Å². The van der Waals surface area contributed by atoms with Crippen LogP contribution in [0.4, 0.5) is 0 Å². The molecule has 7 nitrogen and oxygen atoms in total. The highest BCUT2D eigenvalue weighted by Gasteiger charge is 2.23. The molecule has 0 radical (unpaired) electrons. The molecule has 26 heavy (non-hydrogen) atoms. The predicted molar refractivity (Wildman–Crippen MR) is 100 cm³/mol. The standard InChI is InChI=1S/C16H11BrN4O3S2/c17-11-3-7-13(8-4-11)26(23,24)12-5-1-10(2-6-12)15-18-19-16-21(15)20-14(22)9-25-16/h1-8H,9H2,(H,20,22). The molecule has 4 rings (SSSR count). The van der Waals surface area contributed by atoms with Crippen molar-refractivity contribution < 1.29 is 13.2 Å². The summed E-state index contributed by atoms with van der Waals surface area (Å²) in [6.45, 7) is 0. The topological polar surface area (TPSA) is 94.0 Å². The molecular weight excluding hydrogens is 440 g/mol. The van der Waals surface area contributed by atoms with Gasteiger partial charge in [0.05, 0.1) is 15.5 Å². The number of hydrogen-bond acceptors (Lipinski definition) is 6. The Morgan fingerprint density at radius 2 is 1.62 bits per heavy atom. The average molecular weight is 451 g/mol. The fraction of sp³-hybridized carbons (Fsp3) is 0.0625. The molecule has 0 fully saturated rings. The van der Waals surface area contributed by atoms with Crippen LogP contribution in [0, 0.1) is 0 Å². The molecule has 0 aliphatic carbocycles. The predicted octanol–water partition coefficient (Wildman–Crippen LogP) is 2.72. The number of amides is 1. The Kier molecular flexibility index (Phi) is 4.33. The van der Waals surface area contributed by atoms with Crippen molar-refractivity contribution in [2.24, 2.45) is 0 Å². The zero-order valence-electron chi connectivity index (χ0n) is 13.1. The largest absolute Gasteiger partial charge is 0.272 e. The van der Waals surface area contributed by atoms with Crippen LogP contribution < -0.4 is 5.43 Å². The molecule has 3 aromatic rings. The molecule has 0 bridgehead atoms. The molecule has 2 heterocycles. The summed E-state index contributed by atoms with van der Waals surface area (Å²) >= 11 is 4.59. The molecule has 10 heteroatoms. The molecular formula is C16H11BrN4O3S2. The lowest BCUT2D eigenvalue weighted by molar-refractivity contribution is -0.114. The third-order valence-electron chi connectivity index (χ3n) is 3.75. The number of hydrogen-bond donors (Lipinski definition) is 1. The second kappa shape index (κ2) is 6.53. The quantitative estimate of drug-likeness (QED) is 0.658. The van der Waals surface area contributed by atoms with E-state index < -0.39 is 9.84 Å². The summed E-state index contributed by atoms with van der Waals surface area (Å²) in [5, 5.41) is 8.71. The van der Waals surface area contributed by atoms with Crippen LogP contribution in [0.1, 0.15) is 0 Å². The molecule has 0 saturated heterocycles. The maximum Gasteiger partial charge on any atom is 0.249 e. The maximum absolute atomic E-state index is 12.7. The van der Waals surface area contributed by atoms with Gasteiger partial charge in [-0.15, -0.1) is 10.2 Å². The summed E-state index contributed by atoms with van der Waals surface area (Å²) in [7, 11) is -3.60. The monoisotopic (exact) mass is 450 g/mol. The van der Waals surface area contributed by atoms with Crippen molar-refractivity contribution in [3.8, 4) is 11.4 Å². The lowest BCUT2D eigenvalue weighted by Crippen LogP contribution is -2.29. The highest BCUT2D eigenvalue weighted by molar-refractivity contribution is 9.10. The Morgan fingerprint density at radius 3 is 2.27 bits per heavy atom. The number of nitrogens with zero attached hydrogens (tertiary/aromatic N) is 3. The third kappa shape index (κ3) is 3.04. The van der Waals surface area contributed by atoms with E-state index in [9.17, 15) is 13.2 Å². The minimum Gasteiger partial charge on any atom is -0.272 e. The molecule has 1 N–H and O–H groups in total. The Bertz CT molecular complexity index is 1090. The zero-order chi connectivity index (χ0) is 18.3. The Hall–Kier alpha value is -2.17. The van der Waals surface area contributed by atoms with Crippen molar-refractivity contribution in [2.45, 2.75) is 14.9 Å². The van der Waals surface area contributed by atoms with Crippen molar-refractivity contribution in [1.29, 1.82) is 0 Å². The summed E-state index contributed by atoms with van der Waals surface area (Å²) in [5.41, 5.74) is 3.35. The minimum absolute atomic E-state index is 0.141. The first-order chi connectivity index (χ1) is 12.4. The average Bonchev–Trinajstić information content (AvgIpc) is 3.05. The van der Waals surface area contributed by atoms with Gasteiger partial charge in [-0.3, -0.25) is 10.2 Å². The zero-order valence-corrected chi connectivity index (χ0v) is 16.3. The van der Waals surface area contributed by atoms with Crippen LogP contribution in [-0.4, -0.2) is 35.0 Å². The highest BCUT2D eigenvalue weighted by Crippen LogP contribution is 2.28. The summed E-state index contributed by atoms with van der Waals surface area (Å²) < 4.78 is 27.7. The number of aromatic nitrogens is 3. The van der Waals surface area contributed by atoms with Gasteiger partial charge in [-0.05, 0) is 48.5 Å². The second-order valence-corrected chi connectivity index (χ2v) is 9.25. The van der Waals surface area contributed by atoms with Gasteiger partial charge in [-0.2, -0.15) is 0 Å². The van der Waals surface area contributed by atoms with Gasteiger partial charge < -0.3 is 0 Å². The number of thioether (sulfide) groups is 1. The van der Waals surface area contributed by atoms with E-state index in [-0.39, 0.29) is 15.7 Å². The molecule has 1 amide bonds. The number of sulfone groups is 1. The number of halogens is 1. The Labute approximate surface area is 161 Å². The van der Waals surface area contributed by atoms with Crippen LogP contribution in [0.2, 0.25) is 0 Å². The molecule has 1 aliphatic rings. The summed E-state index contributed by atoms with van der Waals surface area (Å²) in [6, 6.07) is 12.8. The highest BCUT2D eigenvalue weighted by atomic mass is 79.9. The van der Waals surface area contributed by atoms with Gasteiger partial charge in [0, 0.05) is 10.0 Å². The van der Waals surface area contributed by atoms with Crippen molar-refractivity contribution in [2.75, 3.05) is 11.2 Å². The van der Waals surface area contributed by atoms with E-state index in [0.29, 0.717) is 22.3 Å². The number of fused-ring (bicyclic) bond motifs is 1. The Balaban J connectivity index is 1.69. The van der Waals surface area contributed by atoms with Crippen molar-refractivity contribution >= 4 is 43.4 Å². The minimum atomic E-state index is -3.60. The first-order valence-corrected chi connectivity index (χ1v) is 10.7. The molecule has 0 spiro atoms. The number of rotatable bonds is 3. The van der Waals surface area contributed by atoms with E-state index in [4.69, 9.17) is 0 Å². The lowest BCUT2D eigenvalue weighted by atomic mass is 10.2. The fourth-order valence-corrected chi connectivity index (χ4v) is 4.68. The number of nitrogens with one attached hydrogen (secondary N) is 1. The van der Waals surface area contributed by atoms with Crippen molar-refractivity contribution in [3.05, 3.63) is 53.0 Å². The number of carbonyl (C=O) groups excluding carboxylic acids is 1. The molecule has 2 aromatic carbocycles. The van der Waals surface area contributed by atoms with E-state index >= 15 is 0 Å². The molecule has 132 valence electrons. The van der Waals surface area contributed by atoms with Crippen LogP contribution in [0.15, 0.2) is 68.0 Å². The molecule has 1 aliphatic heterocycles. The fourth-order valence-electron chi connectivity index (χ4n) is 2.47. The lowest BCUT2D eigenvalue weighted by Gasteiger charge is -2.15. The normalized spacial score (nSPS) is 14.0. The molecule has 0 saturated carbocycles. The van der Waals surface area contributed by atoms with Crippen LogP contribution >= 0.6 is 27.7 Å². The van der Waals surface area contributed by atoms with Crippen molar-refractivity contribution in [1.82, 2.24) is 14.9 Å². The summed E-state index contributed by atoms with van der Waals surface area (Å²) in [4.78, 5) is 12.0. The van der Waals surface area contributed by atoms with Crippen LogP contribution in [-0.2, 0) is 14.6 Å². The molecule has 0 unspecified atom stereocenters. The van der Waals surface area contributed by atoms with Crippen molar-refractivity contribution in [3.63, 3.8) is 0 Å². The van der Waals surface area contributed by atoms with Gasteiger partial charge in [0.1, 0.15) is 0 Å². The van der Waals surface area contributed by atoms with E-state index in [1.807, 2.05) is 0 Å². The summed E-state index contributed by atoms with van der Waals surface area (Å²) in [5.74, 6) is 0.605. The van der Waals surface area contributed by atoms with Gasteiger partial charge >= 0.3 is 0 Å². The smallest absolute Gasteiger partial charge is 0.249 e. The van der Waals surface area contributed by atoms with Gasteiger partial charge in [0.25, 0.3) is 0 Å². The van der Waals surface area contributed by atoms with Crippen LogP contribution in [0.3, 0.4) is 0 Å². The van der Waals surface area contributed by atoms with Crippen LogP contribution in [0.25, 0.3) is 11.4 Å². The van der Waals surface area contributed by atoms with E-state index in [1.165, 1.54) is 28.6 Å². The van der Waals surface area contributed by atoms with Gasteiger partial charge in [-0.25, -0.2) is 13.1 Å². The first kappa shape index (κ1) is 17.3. The van der Waals surface area contributed by atoms with E-state index in [2.05, 4.69) is 31.6 Å². The second-order valence-electron chi connectivity index (χ2n) is 5.45. The van der Waals surface area contributed by atoms with Gasteiger partial charge in [0.15, 0.2) is 5.82 Å². The third-order valence-corrected chi connectivity index (χ3v) is 6.99. The molecule has 1 aromatic heterocycles. The van der Waals surface area contributed by atoms with E-state index in [0.717, 1.165) is 4.47 Å². The number of carbonyl (C=O) groups is 1. The molecule has 0 atom stereocenters. The first-order valence-electron chi connectivity index (χ1n) is 7.44. The van der Waals surface area contributed by atoms with E-state index in [1.54, 1.807) is 36.4 Å². The number of benzene rings is 2.